The van der Waals surface area contributed by atoms with Crippen LogP contribution in [0.25, 0.3) is 0 Å². The second kappa shape index (κ2) is 5.06. The van der Waals surface area contributed by atoms with Crippen LogP contribution in [0.5, 0.6) is 0 Å². The first kappa shape index (κ1) is 13.0. The molecule has 0 aliphatic carbocycles. The van der Waals surface area contributed by atoms with E-state index >= 15 is 0 Å². The molecule has 3 nitrogen and oxygen atoms in total. The maximum Gasteiger partial charge on any atom is 0.222 e. The first-order valence-electron chi connectivity index (χ1n) is 6.28. The third kappa shape index (κ3) is 2.38. The Balaban J connectivity index is 2.44. The fourth-order valence-corrected chi connectivity index (χ4v) is 2.63. The molecule has 2 rings (SSSR count). The van der Waals surface area contributed by atoms with Crippen LogP contribution in [-0.2, 0) is 4.79 Å². The van der Waals surface area contributed by atoms with Crippen LogP contribution in [0.2, 0.25) is 0 Å². The summed E-state index contributed by atoms with van der Waals surface area (Å²) in [5.41, 5.74) is 7.96. The van der Waals surface area contributed by atoms with Crippen molar-refractivity contribution in [1.82, 2.24) is 4.90 Å². The molecule has 0 aromatic heterocycles. The zero-order valence-electron chi connectivity index (χ0n) is 10.8. The van der Waals surface area contributed by atoms with Gasteiger partial charge in [-0.15, -0.1) is 0 Å². The van der Waals surface area contributed by atoms with Crippen LogP contribution in [0.3, 0.4) is 0 Å². The van der Waals surface area contributed by atoms with Gasteiger partial charge in [0.25, 0.3) is 0 Å². The number of nitrogens with two attached hydrogens (primary N) is 1. The van der Waals surface area contributed by atoms with Crippen molar-refractivity contribution < 1.29 is 9.18 Å². The lowest BCUT2D eigenvalue weighted by molar-refractivity contribution is -0.131. The zero-order valence-corrected chi connectivity index (χ0v) is 10.8. The number of carbonyl (C=O) groups excluding carboxylic acids is 1. The van der Waals surface area contributed by atoms with Crippen molar-refractivity contribution in [3.05, 3.63) is 35.1 Å². The Morgan fingerprint density at radius 1 is 1.44 bits per heavy atom. The molecule has 1 aromatic carbocycles. The highest BCUT2D eigenvalue weighted by Gasteiger charge is 2.31. The van der Waals surface area contributed by atoms with Crippen molar-refractivity contribution in [2.24, 2.45) is 5.73 Å². The summed E-state index contributed by atoms with van der Waals surface area (Å²) in [6.07, 6.45) is 2.11. The summed E-state index contributed by atoms with van der Waals surface area (Å²) in [5, 5.41) is 0. The van der Waals surface area contributed by atoms with Gasteiger partial charge in [0.2, 0.25) is 5.91 Å². The van der Waals surface area contributed by atoms with E-state index in [1.165, 1.54) is 12.1 Å². The SMILES string of the molecule is Cc1ccc(F)cc1C1C(N)CCCC(=O)N1C. The van der Waals surface area contributed by atoms with Crippen molar-refractivity contribution in [1.29, 1.82) is 0 Å². The van der Waals surface area contributed by atoms with E-state index in [1.807, 2.05) is 6.92 Å². The van der Waals surface area contributed by atoms with Gasteiger partial charge in [-0.05, 0) is 43.0 Å². The number of amides is 1. The number of likely N-dealkylation sites (N-methyl/N-ethyl adjacent to an activating group) is 1. The lowest BCUT2D eigenvalue weighted by atomic mass is 9.93. The predicted octanol–water partition coefficient (Wildman–Crippen LogP) is 2.14. The third-order valence-electron chi connectivity index (χ3n) is 3.70. The Bertz CT molecular complexity index is 461. The number of halogens is 1. The van der Waals surface area contributed by atoms with Gasteiger partial charge < -0.3 is 10.6 Å². The third-order valence-corrected chi connectivity index (χ3v) is 3.70. The minimum atomic E-state index is -0.284. The second-order valence-corrected chi connectivity index (χ2v) is 5.01. The summed E-state index contributed by atoms with van der Waals surface area (Å²) >= 11 is 0. The van der Waals surface area contributed by atoms with Crippen LogP contribution in [0, 0.1) is 12.7 Å². The number of carbonyl (C=O) groups is 1. The van der Waals surface area contributed by atoms with Crippen molar-refractivity contribution in [3.8, 4) is 0 Å². The van der Waals surface area contributed by atoms with Gasteiger partial charge in [0, 0.05) is 19.5 Å². The van der Waals surface area contributed by atoms with E-state index in [0.29, 0.717) is 6.42 Å². The van der Waals surface area contributed by atoms with Crippen LogP contribution in [0.15, 0.2) is 18.2 Å². The summed E-state index contributed by atoms with van der Waals surface area (Å²) in [5.74, 6) is -0.204. The maximum absolute atomic E-state index is 13.4. The van der Waals surface area contributed by atoms with Gasteiger partial charge >= 0.3 is 0 Å². The summed E-state index contributed by atoms with van der Waals surface area (Å²) in [6.45, 7) is 1.92. The number of rotatable bonds is 1. The molecule has 2 atom stereocenters. The Morgan fingerprint density at radius 3 is 2.89 bits per heavy atom. The van der Waals surface area contributed by atoms with E-state index in [2.05, 4.69) is 0 Å². The molecule has 0 radical (unpaired) electrons. The number of likely N-dealkylation sites (tertiary alicyclic amines) is 1. The molecule has 2 unspecified atom stereocenters. The molecule has 0 saturated carbocycles. The van der Waals surface area contributed by atoms with Crippen LogP contribution in [-0.4, -0.2) is 23.9 Å². The monoisotopic (exact) mass is 250 g/mol. The highest BCUT2D eigenvalue weighted by atomic mass is 19.1. The Kier molecular flexibility index (Phi) is 3.66. The maximum atomic E-state index is 13.4. The van der Waals surface area contributed by atoms with E-state index in [9.17, 15) is 9.18 Å². The molecule has 0 bridgehead atoms. The molecular weight excluding hydrogens is 231 g/mol. The Hall–Kier alpha value is -1.42. The lowest BCUT2D eigenvalue weighted by Gasteiger charge is -2.31. The highest BCUT2D eigenvalue weighted by molar-refractivity contribution is 5.77. The summed E-state index contributed by atoms with van der Waals surface area (Å²) in [6, 6.07) is 4.30. The molecule has 1 heterocycles. The topological polar surface area (TPSA) is 46.3 Å². The van der Waals surface area contributed by atoms with Gasteiger partial charge in [-0.2, -0.15) is 0 Å². The van der Waals surface area contributed by atoms with Crippen LogP contribution >= 0.6 is 0 Å². The summed E-state index contributed by atoms with van der Waals surface area (Å²) < 4.78 is 13.4. The van der Waals surface area contributed by atoms with Gasteiger partial charge in [0.05, 0.1) is 6.04 Å². The molecule has 1 aliphatic rings. The average Bonchev–Trinajstić information content (AvgIpc) is 2.44. The standard InChI is InChI=1S/C14H19FN2O/c1-9-6-7-10(15)8-11(9)14-12(16)4-3-5-13(18)17(14)2/h6-8,12,14H,3-5,16H2,1-2H3. The smallest absolute Gasteiger partial charge is 0.222 e. The molecular formula is C14H19FN2O. The largest absolute Gasteiger partial charge is 0.337 e. The number of aryl methyl sites for hydroxylation is 1. The normalized spacial score (nSPS) is 25.1. The average molecular weight is 250 g/mol. The van der Waals surface area contributed by atoms with E-state index < -0.39 is 0 Å². The fraction of sp³-hybridized carbons (Fsp3) is 0.500. The Morgan fingerprint density at radius 2 is 2.17 bits per heavy atom. The molecule has 1 saturated heterocycles. The van der Waals surface area contributed by atoms with E-state index in [1.54, 1.807) is 18.0 Å². The molecule has 1 amide bonds. The lowest BCUT2D eigenvalue weighted by Crippen LogP contribution is -2.40. The predicted molar refractivity (Wildman–Crippen MR) is 68.5 cm³/mol. The van der Waals surface area contributed by atoms with Gasteiger partial charge in [-0.3, -0.25) is 4.79 Å². The molecule has 1 aromatic rings. The van der Waals surface area contributed by atoms with Crippen molar-refractivity contribution >= 4 is 5.91 Å². The zero-order chi connectivity index (χ0) is 13.3. The second-order valence-electron chi connectivity index (χ2n) is 5.01. The minimum absolute atomic E-state index is 0.0802. The van der Waals surface area contributed by atoms with Gasteiger partial charge in [0.15, 0.2) is 0 Å². The van der Waals surface area contributed by atoms with Gasteiger partial charge in [-0.25, -0.2) is 4.39 Å². The minimum Gasteiger partial charge on any atom is -0.337 e. The van der Waals surface area contributed by atoms with Crippen LogP contribution < -0.4 is 5.73 Å². The quantitative estimate of drug-likeness (QED) is 0.830. The van der Waals surface area contributed by atoms with Gasteiger partial charge in [0.1, 0.15) is 5.82 Å². The number of benzene rings is 1. The van der Waals surface area contributed by atoms with Gasteiger partial charge in [-0.1, -0.05) is 6.07 Å². The van der Waals surface area contributed by atoms with Crippen molar-refractivity contribution in [3.63, 3.8) is 0 Å². The molecule has 0 spiro atoms. The number of hydrogen-bond donors (Lipinski definition) is 1. The highest BCUT2D eigenvalue weighted by Crippen LogP contribution is 2.31. The van der Waals surface area contributed by atoms with E-state index in [0.717, 1.165) is 24.0 Å². The molecule has 18 heavy (non-hydrogen) atoms. The number of hydrogen-bond acceptors (Lipinski definition) is 2. The molecule has 4 heteroatoms. The van der Waals surface area contributed by atoms with Crippen molar-refractivity contribution in [2.45, 2.75) is 38.3 Å². The van der Waals surface area contributed by atoms with E-state index in [-0.39, 0.29) is 23.8 Å². The number of nitrogens with zero attached hydrogens (tertiary/aromatic N) is 1. The molecule has 2 N–H and O–H groups in total. The summed E-state index contributed by atoms with van der Waals surface area (Å²) in [7, 11) is 1.75. The fourth-order valence-electron chi connectivity index (χ4n) is 2.63. The van der Waals surface area contributed by atoms with Crippen molar-refractivity contribution in [2.75, 3.05) is 7.05 Å². The first-order chi connectivity index (χ1) is 8.50. The first-order valence-corrected chi connectivity index (χ1v) is 6.28. The molecule has 98 valence electrons. The van der Waals surface area contributed by atoms with Crippen LogP contribution in [0.4, 0.5) is 4.39 Å². The van der Waals surface area contributed by atoms with Crippen LogP contribution in [0.1, 0.15) is 36.4 Å². The molecule has 1 fully saturated rings. The Labute approximate surface area is 107 Å². The summed E-state index contributed by atoms with van der Waals surface area (Å²) in [4.78, 5) is 13.6. The molecule has 1 aliphatic heterocycles. The van der Waals surface area contributed by atoms with E-state index in [4.69, 9.17) is 5.73 Å².